The normalized spacial score (nSPS) is 23.3. The number of non-ortho nitro benzene ring substituents is 1. The van der Waals surface area contributed by atoms with Gasteiger partial charge in [-0.05, 0) is 31.4 Å². The molecule has 0 N–H and O–H groups in total. The van der Waals surface area contributed by atoms with Crippen molar-refractivity contribution < 1.29 is 14.5 Å². The number of benzene rings is 1. The lowest BCUT2D eigenvalue weighted by Gasteiger charge is -2.36. The molecule has 9 heteroatoms. The fourth-order valence-electron chi connectivity index (χ4n) is 4.31. The predicted molar refractivity (Wildman–Crippen MR) is 103 cm³/mol. The Morgan fingerprint density at radius 2 is 1.68 bits per heavy atom. The maximum Gasteiger partial charge on any atom is 0.327 e. The Labute approximate surface area is 163 Å². The maximum absolute atomic E-state index is 12.5. The van der Waals surface area contributed by atoms with Gasteiger partial charge in [-0.15, -0.1) is 0 Å². The lowest BCUT2D eigenvalue weighted by Crippen LogP contribution is -2.49. The quantitative estimate of drug-likeness (QED) is 0.432. The number of piperidine rings is 1. The molecule has 9 nitrogen and oxygen atoms in total. The van der Waals surface area contributed by atoms with Crippen LogP contribution < -0.4 is 4.90 Å². The van der Waals surface area contributed by atoms with Gasteiger partial charge in [0.25, 0.3) is 11.6 Å². The van der Waals surface area contributed by atoms with Gasteiger partial charge in [0.15, 0.2) is 0 Å². The van der Waals surface area contributed by atoms with Crippen molar-refractivity contribution >= 4 is 23.3 Å². The Hall–Kier alpha value is -2.68. The zero-order valence-corrected chi connectivity index (χ0v) is 15.8. The predicted octanol–water partition coefficient (Wildman–Crippen LogP) is 1.53. The molecular weight excluding hydrogens is 362 g/mol. The molecule has 3 amide bonds. The molecule has 0 radical (unpaired) electrons. The van der Waals surface area contributed by atoms with E-state index in [2.05, 4.69) is 9.80 Å². The van der Waals surface area contributed by atoms with Crippen molar-refractivity contribution in [3.8, 4) is 0 Å². The number of anilines is 1. The summed E-state index contributed by atoms with van der Waals surface area (Å²) in [5, 5.41) is 10.8. The molecule has 1 aromatic rings. The van der Waals surface area contributed by atoms with Crippen LogP contribution >= 0.6 is 0 Å². The van der Waals surface area contributed by atoms with E-state index in [1.807, 2.05) is 0 Å². The SMILES string of the molecule is O=C1[C@H]2CCCCN2C(=O)N1CCN1CCN(c2ccc([N+](=O)[O-])cc2)CC1. The molecule has 3 fully saturated rings. The third kappa shape index (κ3) is 3.54. The number of amides is 3. The number of nitro benzene ring substituents is 1. The van der Waals surface area contributed by atoms with E-state index in [-0.39, 0.29) is 23.7 Å². The summed E-state index contributed by atoms with van der Waals surface area (Å²) < 4.78 is 0. The Morgan fingerprint density at radius 3 is 2.32 bits per heavy atom. The smallest absolute Gasteiger partial charge is 0.327 e. The molecule has 0 spiro atoms. The van der Waals surface area contributed by atoms with Crippen LogP contribution in [0.4, 0.5) is 16.2 Å². The van der Waals surface area contributed by atoms with Crippen molar-refractivity contribution in [2.45, 2.75) is 25.3 Å². The van der Waals surface area contributed by atoms with Crippen molar-refractivity contribution in [2.24, 2.45) is 0 Å². The van der Waals surface area contributed by atoms with E-state index in [1.165, 1.54) is 17.0 Å². The average molecular weight is 387 g/mol. The number of imide groups is 1. The van der Waals surface area contributed by atoms with Crippen LogP contribution in [0.25, 0.3) is 0 Å². The first kappa shape index (κ1) is 18.7. The molecule has 3 aliphatic heterocycles. The number of carbonyl (C=O) groups is 2. The summed E-state index contributed by atoms with van der Waals surface area (Å²) in [5.41, 5.74) is 1.07. The van der Waals surface area contributed by atoms with Crippen LogP contribution in [0.1, 0.15) is 19.3 Å². The lowest BCUT2D eigenvalue weighted by atomic mass is 10.0. The maximum atomic E-state index is 12.5. The van der Waals surface area contributed by atoms with Gasteiger partial charge in [0.2, 0.25) is 0 Å². The monoisotopic (exact) mass is 387 g/mol. The summed E-state index contributed by atoms with van der Waals surface area (Å²) in [7, 11) is 0. The number of urea groups is 1. The minimum absolute atomic E-state index is 0.0331. The molecule has 28 heavy (non-hydrogen) atoms. The van der Waals surface area contributed by atoms with Gasteiger partial charge in [0.1, 0.15) is 6.04 Å². The van der Waals surface area contributed by atoms with Gasteiger partial charge in [0.05, 0.1) is 4.92 Å². The van der Waals surface area contributed by atoms with Crippen LogP contribution in [0, 0.1) is 10.1 Å². The highest BCUT2D eigenvalue weighted by molar-refractivity contribution is 6.04. The molecule has 3 aliphatic rings. The number of piperazine rings is 1. The van der Waals surface area contributed by atoms with Crippen molar-refractivity contribution in [1.29, 1.82) is 0 Å². The standard InChI is InChI=1S/C19H25N5O4/c25-18-17-3-1-2-8-22(17)19(26)23(18)14-11-20-9-12-21(13-10-20)15-4-6-16(7-5-15)24(27)28/h4-7,17H,1-3,8-14H2/t17-/m1/s1. The average Bonchev–Trinajstić information content (AvgIpc) is 2.97. The minimum atomic E-state index is -0.393. The van der Waals surface area contributed by atoms with Gasteiger partial charge in [0, 0.05) is 63.6 Å². The Kier molecular flexibility index (Phi) is 5.17. The second kappa shape index (κ2) is 7.75. The largest absolute Gasteiger partial charge is 0.369 e. The van der Waals surface area contributed by atoms with Crippen molar-refractivity contribution in [1.82, 2.24) is 14.7 Å². The van der Waals surface area contributed by atoms with E-state index >= 15 is 0 Å². The fraction of sp³-hybridized carbons (Fsp3) is 0.579. The molecule has 0 saturated carbocycles. The summed E-state index contributed by atoms with van der Waals surface area (Å²) in [6.07, 6.45) is 2.78. The topological polar surface area (TPSA) is 90.2 Å². The van der Waals surface area contributed by atoms with E-state index in [1.54, 1.807) is 17.0 Å². The molecule has 1 atom stereocenters. The summed E-state index contributed by atoms with van der Waals surface area (Å²) in [4.78, 5) is 43.0. The second-order valence-electron chi connectivity index (χ2n) is 7.58. The van der Waals surface area contributed by atoms with Gasteiger partial charge in [-0.1, -0.05) is 0 Å². The van der Waals surface area contributed by atoms with Crippen LogP contribution in [0.15, 0.2) is 24.3 Å². The zero-order chi connectivity index (χ0) is 19.7. The molecule has 0 unspecified atom stereocenters. The first-order valence-electron chi connectivity index (χ1n) is 9.88. The minimum Gasteiger partial charge on any atom is -0.369 e. The van der Waals surface area contributed by atoms with Gasteiger partial charge in [-0.2, -0.15) is 0 Å². The molecule has 150 valence electrons. The first-order chi connectivity index (χ1) is 13.5. The molecule has 3 heterocycles. The summed E-state index contributed by atoms with van der Waals surface area (Å²) in [6.45, 7) is 5.12. The van der Waals surface area contributed by atoms with Crippen molar-refractivity contribution in [3.63, 3.8) is 0 Å². The number of carbonyl (C=O) groups excluding carboxylic acids is 2. The summed E-state index contributed by atoms with van der Waals surface area (Å²) in [6, 6.07) is 6.26. The van der Waals surface area contributed by atoms with Gasteiger partial charge in [-0.25, -0.2) is 4.79 Å². The van der Waals surface area contributed by atoms with E-state index in [9.17, 15) is 19.7 Å². The molecule has 0 aliphatic carbocycles. The summed E-state index contributed by atoms with van der Waals surface area (Å²) >= 11 is 0. The summed E-state index contributed by atoms with van der Waals surface area (Å²) in [5.74, 6) is -0.0331. The van der Waals surface area contributed by atoms with Gasteiger partial charge < -0.3 is 9.80 Å². The Bertz CT molecular complexity index is 736. The van der Waals surface area contributed by atoms with Crippen LogP contribution in [-0.2, 0) is 4.79 Å². The second-order valence-corrected chi connectivity index (χ2v) is 7.58. The lowest BCUT2D eigenvalue weighted by molar-refractivity contribution is -0.384. The van der Waals surface area contributed by atoms with Crippen LogP contribution in [0.2, 0.25) is 0 Å². The number of fused-ring (bicyclic) bond motifs is 1. The van der Waals surface area contributed by atoms with Crippen molar-refractivity contribution in [2.75, 3.05) is 50.7 Å². The first-order valence-corrected chi connectivity index (χ1v) is 9.88. The van der Waals surface area contributed by atoms with Gasteiger partial charge >= 0.3 is 6.03 Å². The molecular formula is C19H25N5O4. The highest BCUT2D eigenvalue weighted by atomic mass is 16.6. The fourth-order valence-corrected chi connectivity index (χ4v) is 4.31. The van der Waals surface area contributed by atoms with E-state index in [4.69, 9.17) is 0 Å². The number of hydrogen-bond acceptors (Lipinski definition) is 6. The van der Waals surface area contributed by atoms with E-state index < -0.39 is 4.92 Å². The Morgan fingerprint density at radius 1 is 0.964 bits per heavy atom. The van der Waals surface area contributed by atoms with Gasteiger partial charge in [-0.3, -0.25) is 24.7 Å². The zero-order valence-electron chi connectivity index (χ0n) is 15.8. The Balaban J connectivity index is 1.27. The molecule has 0 aromatic heterocycles. The van der Waals surface area contributed by atoms with Crippen molar-refractivity contribution in [3.05, 3.63) is 34.4 Å². The highest BCUT2D eigenvalue weighted by Gasteiger charge is 2.45. The van der Waals surface area contributed by atoms with E-state index in [0.29, 0.717) is 19.6 Å². The van der Waals surface area contributed by atoms with Crippen LogP contribution in [-0.4, -0.2) is 83.4 Å². The number of rotatable bonds is 5. The molecule has 4 rings (SSSR count). The third-order valence-electron chi connectivity index (χ3n) is 5.97. The molecule has 3 saturated heterocycles. The van der Waals surface area contributed by atoms with E-state index in [0.717, 1.165) is 51.1 Å². The number of hydrogen-bond donors (Lipinski definition) is 0. The molecule has 0 bridgehead atoms. The highest BCUT2D eigenvalue weighted by Crippen LogP contribution is 2.26. The number of nitro groups is 1. The van der Waals surface area contributed by atoms with Crippen LogP contribution in [0.5, 0.6) is 0 Å². The number of nitrogens with zero attached hydrogens (tertiary/aromatic N) is 5. The molecule has 1 aromatic carbocycles. The van der Waals surface area contributed by atoms with Crippen LogP contribution in [0.3, 0.4) is 0 Å². The third-order valence-corrected chi connectivity index (χ3v) is 5.97.